The van der Waals surface area contributed by atoms with Gasteiger partial charge in [0.25, 0.3) is 0 Å². The minimum atomic E-state index is -0.825. The minimum Gasteiger partial charge on any atom is -0.395 e. The van der Waals surface area contributed by atoms with Gasteiger partial charge in [-0.05, 0) is 85.6 Å². The average molecular weight is 593 g/mol. The molecule has 0 aromatic heterocycles. The van der Waals surface area contributed by atoms with Crippen LogP contribution in [0.1, 0.15) is 50.2 Å². The predicted octanol–water partition coefficient (Wildman–Crippen LogP) is 7.78. The number of halogens is 3. The number of rotatable bonds is 9. The van der Waals surface area contributed by atoms with Crippen LogP contribution in [0.25, 0.3) is 0 Å². The molecule has 36 heavy (non-hydrogen) atoms. The molecule has 2 aromatic rings. The first-order valence-corrected chi connectivity index (χ1v) is 14.2. The van der Waals surface area contributed by atoms with Crippen molar-refractivity contribution in [1.29, 1.82) is 0 Å². The molecule has 3 aliphatic carbocycles. The molecule has 5 atom stereocenters. The molecule has 1 N–H and O–H groups in total. The molecule has 3 aliphatic rings. The van der Waals surface area contributed by atoms with E-state index in [4.69, 9.17) is 32.8 Å². The lowest BCUT2D eigenvalue weighted by Crippen LogP contribution is -2.45. The SMILES string of the molecule is C=C(CO[C@@H]1C[C@H]2C[C@H](C)[C@@H](C1)[C@]2(O)c1cccc(Br)c1)/C(=N\OCC1CC1)c1c(Cl)cccc1Cl. The second-order valence-corrected chi connectivity index (χ2v) is 12.4. The lowest BCUT2D eigenvalue weighted by molar-refractivity contribution is -0.114. The number of benzene rings is 2. The van der Waals surface area contributed by atoms with Crippen LogP contribution in [-0.2, 0) is 15.2 Å². The Morgan fingerprint density at radius 2 is 1.86 bits per heavy atom. The molecule has 0 radical (unpaired) electrons. The Morgan fingerprint density at radius 1 is 1.14 bits per heavy atom. The van der Waals surface area contributed by atoms with Gasteiger partial charge in [-0.1, -0.05) is 76.0 Å². The number of oxime groups is 1. The van der Waals surface area contributed by atoms with Gasteiger partial charge in [0.1, 0.15) is 12.3 Å². The maximum absolute atomic E-state index is 11.9. The molecular formula is C29H32BrCl2NO3. The number of ether oxygens (including phenoxy) is 1. The van der Waals surface area contributed by atoms with Crippen molar-refractivity contribution in [3.8, 4) is 0 Å². The topological polar surface area (TPSA) is 51.0 Å². The van der Waals surface area contributed by atoms with Gasteiger partial charge in [-0.3, -0.25) is 0 Å². The van der Waals surface area contributed by atoms with E-state index in [1.807, 2.05) is 24.3 Å². The van der Waals surface area contributed by atoms with Gasteiger partial charge in [0.05, 0.1) is 28.4 Å². The normalized spacial score (nSPS) is 29.9. The van der Waals surface area contributed by atoms with Crippen molar-refractivity contribution in [2.24, 2.45) is 28.8 Å². The van der Waals surface area contributed by atoms with E-state index in [9.17, 15) is 5.11 Å². The van der Waals surface area contributed by atoms with Crippen LogP contribution in [0.3, 0.4) is 0 Å². The quantitative estimate of drug-likeness (QED) is 0.239. The van der Waals surface area contributed by atoms with E-state index in [0.29, 0.717) is 51.9 Å². The second kappa shape index (κ2) is 10.8. The summed E-state index contributed by atoms with van der Waals surface area (Å²) in [4.78, 5) is 5.66. The van der Waals surface area contributed by atoms with Crippen molar-refractivity contribution >= 4 is 44.8 Å². The van der Waals surface area contributed by atoms with Crippen molar-refractivity contribution in [2.75, 3.05) is 13.2 Å². The van der Waals surface area contributed by atoms with Crippen LogP contribution in [0.15, 0.2) is 64.2 Å². The van der Waals surface area contributed by atoms with Crippen molar-refractivity contribution in [1.82, 2.24) is 0 Å². The third kappa shape index (κ3) is 5.28. The summed E-state index contributed by atoms with van der Waals surface area (Å²) in [5.74, 6) is 1.28. The highest BCUT2D eigenvalue weighted by atomic mass is 79.9. The Morgan fingerprint density at radius 3 is 2.53 bits per heavy atom. The number of nitrogens with zero attached hydrogens (tertiary/aromatic N) is 1. The third-order valence-electron chi connectivity index (χ3n) is 8.07. The number of hydrogen-bond donors (Lipinski definition) is 1. The van der Waals surface area contributed by atoms with E-state index in [1.165, 1.54) is 12.8 Å². The molecule has 0 spiro atoms. The summed E-state index contributed by atoms with van der Waals surface area (Å²) in [6, 6.07) is 13.5. The fraction of sp³-hybridized carbons (Fsp3) is 0.483. The van der Waals surface area contributed by atoms with E-state index >= 15 is 0 Å². The number of aliphatic hydroxyl groups is 1. The highest BCUT2D eigenvalue weighted by Crippen LogP contribution is 2.58. The van der Waals surface area contributed by atoms with Gasteiger partial charge >= 0.3 is 0 Å². The fourth-order valence-electron chi connectivity index (χ4n) is 6.03. The molecule has 3 fully saturated rings. The fourth-order valence-corrected chi connectivity index (χ4v) is 7.00. The van der Waals surface area contributed by atoms with Crippen LogP contribution in [0.4, 0.5) is 0 Å². The maximum Gasteiger partial charge on any atom is 0.120 e. The Hall–Kier alpha value is -1.37. The monoisotopic (exact) mass is 591 g/mol. The standard InChI is InChI=1S/C29H32BrCl2NO3/c1-17-11-21-13-23(14-24(17)29(21,34)20-5-3-6-22(30)12-20)35-15-18(2)28(33-36-16-19-9-10-19)27-25(31)7-4-8-26(27)32/h3-8,12,17,19,21,23-24,34H,2,9-11,13-16H2,1H3/b33-28+/t17-,21+,23+,24+,29-/m0/s1. The van der Waals surface area contributed by atoms with Gasteiger partial charge < -0.3 is 14.7 Å². The van der Waals surface area contributed by atoms with Crippen LogP contribution in [0.2, 0.25) is 10.0 Å². The second-order valence-electron chi connectivity index (χ2n) is 10.6. The predicted molar refractivity (Wildman–Crippen MR) is 149 cm³/mol. The van der Waals surface area contributed by atoms with Crippen molar-refractivity contribution in [2.45, 2.75) is 50.7 Å². The summed E-state index contributed by atoms with van der Waals surface area (Å²) in [6.07, 6.45) is 4.97. The number of hydrogen-bond acceptors (Lipinski definition) is 4. The van der Waals surface area contributed by atoms with Crippen LogP contribution in [-0.4, -0.2) is 30.1 Å². The Bertz CT molecular complexity index is 1150. The molecule has 0 unspecified atom stereocenters. The molecule has 0 amide bonds. The zero-order chi connectivity index (χ0) is 25.4. The van der Waals surface area contributed by atoms with Gasteiger partial charge in [0, 0.05) is 15.6 Å². The maximum atomic E-state index is 11.9. The van der Waals surface area contributed by atoms with Gasteiger partial charge in [0.2, 0.25) is 0 Å². The van der Waals surface area contributed by atoms with Crippen molar-refractivity contribution < 1.29 is 14.7 Å². The largest absolute Gasteiger partial charge is 0.395 e. The van der Waals surface area contributed by atoms with Gasteiger partial charge in [-0.25, -0.2) is 0 Å². The molecule has 2 bridgehead atoms. The van der Waals surface area contributed by atoms with Crippen LogP contribution >= 0.6 is 39.1 Å². The first kappa shape index (κ1) is 26.2. The Kier molecular flexibility index (Phi) is 7.86. The third-order valence-corrected chi connectivity index (χ3v) is 9.20. The lowest BCUT2D eigenvalue weighted by Gasteiger charge is -2.43. The average Bonchev–Trinajstić information content (AvgIpc) is 3.65. The molecule has 2 aromatic carbocycles. The van der Waals surface area contributed by atoms with Gasteiger partial charge in [0.15, 0.2) is 0 Å². The lowest BCUT2D eigenvalue weighted by atomic mass is 9.69. The summed E-state index contributed by atoms with van der Waals surface area (Å²) >= 11 is 16.6. The van der Waals surface area contributed by atoms with Crippen LogP contribution < -0.4 is 0 Å². The van der Waals surface area contributed by atoms with E-state index in [0.717, 1.165) is 29.3 Å². The van der Waals surface area contributed by atoms with E-state index < -0.39 is 5.60 Å². The zero-order valence-corrected chi connectivity index (χ0v) is 23.5. The highest BCUT2D eigenvalue weighted by molar-refractivity contribution is 9.10. The minimum absolute atomic E-state index is 0.0319. The molecule has 5 rings (SSSR count). The summed E-state index contributed by atoms with van der Waals surface area (Å²) in [5.41, 5.74) is 1.99. The first-order chi connectivity index (χ1) is 17.3. The molecule has 4 nitrogen and oxygen atoms in total. The zero-order valence-electron chi connectivity index (χ0n) is 20.4. The summed E-state index contributed by atoms with van der Waals surface area (Å²) < 4.78 is 7.40. The summed E-state index contributed by atoms with van der Waals surface area (Å²) in [6.45, 7) is 7.38. The van der Waals surface area contributed by atoms with Crippen LogP contribution in [0.5, 0.6) is 0 Å². The Labute approximate surface area is 231 Å². The molecule has 0 heterocycles. The van der Waals surface area contributed by atoms with E-state index in [2.05, 4.69) is 40.7 Å². The van der Waals surface area contributed by atoms with E-state index in [-0.39, 0.29) is 17.9 Å². The highest BCUT2D eigenvalue weighted by Gasteiger charge is 2.57. The molecule has 0 aliphatic heterocycles. The van der Waals surface area contributed by atoms with E-state index in [1.54, 1.807) is 12.1 Å². The molecular weight excluding hydrogens is 561 g/mol. The van der Waals surface area contributed by atoms with Crippen LogP contribution in [0, 0.1) is 23.7 Å². The first-order valence-electron chi connectivity index (χ1n) is 12.7. The summed E-state index contributed by atoms with van der Waals surface area (Å²) in [7, 11) is 0. The Balaban J connectivity index is 1.29. The smallest absolute Gasteiger partial charge is 0.120 e. The van der Waals surface area contributed by atoms with Gasteiger partial charge in [-0.15, -0.1) is 0 Å². The van der Waals surface area contributed by atoms with Gasteiger partial charge in [-0.2, -0.15) is 0 Å². The molecule has 7 heteroatoms. The molecule has 0 saturated heterocycles. The van der Waals surface area contributed by atoms with Crippen molar-refractivity contribution in [3.63, 3.8) is 0 Å². The molecule has 3 saturated carbocycles. The number of fused-ring (bicyclic) bond motifs is 2. The molecule has 192 valence electrons. The van der Waals surface area contributed by atoms with Crippen molar-refractivity contribution in [3.05, 3.63) is 80.3 Å². The summed E-state index contributed by atoms with van der Waals surface area (Å²) in [5, 5.41) is 17.3.